The Kier molecular flexibility index (Phi) is 4.30. The first kappa shape index (κ1) is 17.8. The van der Waals surface area contributed by atoms with Gasteiger partial charge in [-0.1, -0.05) is 24.3 Å². The van der Waals surface area contributed by atoms with Crippen molar-refractivity contribution in [2.24, 2.45) is 0 Å². The molecule has 1 saturated heterocycles. The summed E-state index contributed by atoms with van der Waals surface area (Å²) in [6.07, 6.45) is 0. The lowest BCUT2D eigenvalue weighted by atomic mass is 9.93. The fourth-order valence-corrected chi connectivity index (χ4v) is 4.10. The fraction of sp³-hybridized carbons (Fsp3) is 0.217. The summed E-state index contributed by atoms with van der Waals surface area (Å²) in [6, 6.07) is 15.9. The Morgan fingerprint density at radius 1 is 0.897 bits per heavy atom. The molecule has 0 aromatic heterocycles. The molecule has 2 amide bonds. The van der Waals surface area contributed by atoms with Crippen LogP contribution in [0.2, 0.25) is 0 Å². The summed E-state index contributed by atoms with van der Waals surface area (Å²) >= 11 is 0. The molecule has 1 fully saturated rings. The van der Waals surface area contributed by atoms with Crippen LogP contribution in [-0.2, 0) is 11.3 Å². The molecule has 2 aliphatic heterocycles. The number of benzene rings is 3. The normalized spacial score (nSPS) is 17.2. The molecule has 29 heavy (non-hydrogen) atoms. The van der Waals surface area contributed by atoms with E-state index in [2.05, 4.69) is 4.90 Å². The van der Waals surface area contributed by atoms with E-state index in [0.717, 1.165) is 18.5 Å². The van der Waals surface area contributed by atoms with Crippen LogP contribution in [0.3, 0.4) is 0 Å². The number of carbonyl (C=O) groups excluding carboxylic acids is 2. The molecule has 0 aliphatic carbocycles. The van der Waals surface area contributed by atoms with Crippen molar-refractivity contribution in [1.82, 2.24) is 4.90 Å². The lowest BCUT2D eigenvalue weighted by molar-refractivity contribution is 0.0339. The third-order valence-electron chi connectivity index (χ3n) is 5.59. The largest absolute Gasteiger partial charge is 0.508 e. The molecule has 0 saturated carbocycles. The van der Waals surface area contributed by atoms with Crippen LogP contribution in [0.15, 0.2) is 54.6 Å². The van der Waals surface area contributed by atoms with Crippen LogP contribution in [0.25, 0.3) is 10.8 Å². The minimum Gasteiger partial charge on any atom is -0.508 e. The zero-order valence-electron chi connectivity index (χ0n) is 15.8. The SMILES string of the molecule is O=C1c2cccc3cccc(c23)C(=O)N1c1ccc(O)c(CN2CCOCC2)c1. The Morgan fingerprint density at radius 2 is 1.55 bits per heavy atom. The van der Waals surface area contributed by atoms with Crippen molar-refractivity contribution in [3.63, 3.8) is 0 Å². The fourth-order valence-electron chi connectivity index (χ4n) is 4.10. The highest BCUT2D eigenvalue weighted by molar-refractivity contribution is 6.35. The molecule has 0 radical (unpaired) electrons. The Morgan fingerprint density at radius 3 is 2.21 bits per heavy atom. The molecule has 6 heteroatoms. The van der Waals surface area contributed by atoms with Crippen LogP contribution >= 0.6 is 0 Å². The smallest absolute Gasteiger partial charge is 0.265 e. The Labute approximate surface area is 167 Å². The highest BCUT2D eigenvalue weighted by atomic mass is 16.5. The standard InChI is InChI=1S/C23H20N2O4/c26-20-8-7-17(13-16(20)14-24-9-11-29-12-10-24)25-22(27)18-5-1-3-15-4-2-6-19(21(15)18)23(25)28/h1-8,13,26H,9-12,14H2. The van der Waals surface area contributed by atoms with E-state index in [9.17, 15) is 14.7 Å². The van der Waals surface area contributed by atoms with E-state index in [0.29, 0.717) is 47.5 Å². The van der Waals surface area contributed by atoms with Gasteiger partial charge in [-0.15, -0.1) is 0 Å². The minimum atomic E-state index is -0.345. The van der Waals surface area contributed by atoms with Gasteiger partial charge in [-0.3, -0.25) is 14.5 Å². The number of anilines is 1. The van der Waals surface area contributed by atoms with Gasteiger partial charge in [-0.2, -0.15) is 0 Å². The van der Waals surface area contributed by atoms with Crippen LogP contribution in [0.5, 0.6) is 5.75 Å². The quantitative estimate of drug-likeness (QED) is 0.698. The molecule has 2 aliphatic rings. The van der Waals surface area contributed by atoms with Crippen LogP contribution < -0.4 is 4.90 Å². The molecule has 3 aromatic rings. The first-order valence-electron chi connectivity index (χ1n) is 9.66. The number of carbonyl (C=O) groups is 2. The summed E-state index contributed by atoms with van der Waals surface area (Å²) in [5.41, 5.74) is 2.18. The zero-order valence-corrected chi connectivity index (χ0v) is 15.8. The number of hydrogen-bond donors (Lipinski definition) is 1. The monoisotopic (exact) mass is 388 g/mol. The number of phenolic OH excluding ortho intramolecular Hbond substituents is 1. The van der Waals surface area contributed by atoms with Crippen molar-refractivity contribution in [1.29, 1.82) is 0 Å². The van der Waals surface area contributed by atoms with E-state index < -0.39 is 0 Å². The van der Waals surface area contributed by atoms with Gasteiger partial charge in [-0.25, -0.2) is 4.90 Å². The van der Waals surface area contributed by atoms with E-state index in [4.69, 9.17) is 4.74 Å². The van der Waals surface area contributed by atoms with Gasteiger partial charge < -0.3 is 9.84 Å². The minimum absolute atomic E-state index is 0.152. The number of imide groups is 1. The summed E-state index contributed by atoms with van der Waals surface area (Å²) < 4.78 is 5.37. The van der Waals surface area contributed by atoms with Crippen molar-refractivity contribution in [2.45, 2.75) is 6.54 Å². The van der Waals surface area contributed by atoms with Crippen molar-refractivity contribution in [3.05, 3.63) is 71.3 Å². The maximum absolute atomic E-state index is 13.2. The van der Waals surface area contributed by atoms with E-state index >= 15 is 0 Å². The Balaban J connectivity index is 1.55. The van der Waals surface area contributed by atoms with Crippen LogP contribution in [0, 0.1) is 0 Å². The second kappa shape index (κ2) is 6.99. The molecule has 6 nitrogen and oxygen atoms in total. The summed E-state index contributed by atoms with van der Waals surface area (Å²) in [5.74, 6) is -0.538. The molecule has 0 atom stereocenters. The first-order chi connectivity index (χ1) is 14.1. The maximum atomic E-state index is 13.2. The Bertz CT molecular complexity index is 1080. The average molecular weight is 388 g/mol. The second-order valence-corrected chi connectivity index (χ2v) is 7.36. The number of hydrogen-bond acceptors (Lipinski definition) is 5. The third kappa shape index (κ3) is 2.97. The van der Waals surface area contributed by atoms with Gasteiger partial charge in [-0.05, 0) is 35.7 Å². The summed E-state index contributed by atoms with van der Waals surface area (Å²) in [6.45, 7) is 3.40. The topological polar surface area (TPSA) is 70.1 Å². The molecule has 146 valence electrons. The molecule has 0 spiro atoms. The second-order valence-electron chi connectivity index (χ2n) is 7.36. The lowest BCUT2D eigenvalue weighted by Crippen LogP contribution is -2.40. The number of ether oxygens (including phenoxy) is 1. The number of nitrogens with zero attached hydrogens (tertiary/aromatic N) is 2. The summed E-state index contributed by atoms with van der Waals surface area (Å²) in [7, 11) is 0. The van der Waals surface area contributed by atoms with Crippen LogP contribution in [-0.4, -0.2) is 48.1 Å². The molecular weight excluding hydrogens is 368 g/mol. The molecule has 3 aromatic carbocycles. The number of morpholine rings is 1. The van der Waals surface area contributed by atoms with E-state index in [1.807, 2.05) is 24.3 Å². The van der Waals surface area contributed by atoms with Gasteiger partial charge in [0, 0.05) is 41.7 Å². The van der Waals surface area contributed by atoms with Gasteiger partial charge in [0.05, 0.1) is 18.9 Å². The zero-order chi connectivity index (χ0) is 20.0. The van der Waals surface area contributed by atoms with Crippen molar-refractivity contribution < 1.29 is 19.4 Å². The van der Waals surface area contributed by atoms with E-state index in [1.54, 1.807) is 30.3 Å². The number of amides is 2. The molecule has 0 bridgehead atoms. The van der Waals surface area contributed by atoms with Gasteiger partial charge >= 0.3 is 0 Å². The maximum Gasteiger partial charge on any atom is 0.265 e. The third-order valence-corrected chi connectivity index (χ3v) is 5.59. The number of rotatable bonds is 3. The van der Waals surface area contributed by atoms with Gasteiger partial charge in [0.2, 0.25) is 0 Å². The van der Waals surface area contributed by atoms with Crippen LogP contribution in [0.1, 0.15) is 26.3 Å². The van der Waals surface area contributed by atoms with E-state index in [1.165, 1.54) is 4.90 Å². The average Bonchev–Trinajstić information content (AvgIpc) is 2.75. The van der Waals surface area contributed by atoms with Gasteiger partial charge in [0.25, 0.3) is 11.8 Å². The van der Waals surface area contributed by atoms with Crippen molar-refractivity contribution in [3.8, 4) is 5.75 Å². The predicted octanol–water partition coefficient (Wildman–Crippen LogP) is 3.18. The number of aromatic hydroxyl groups is 1. The predicted molar refractivity (Wildman–Crippen MR) is 109 cm³/mol. The summed E-state index contributed by atoms with van der Waals surface area (Å²) in [4.78, 5) is 29.8. The van der Waals surface area contributed by atoms with Gasteiger partial charge in [0.15, 0.2) is 0 Å². The summed E-state index contributed by atoms with van der Waals surface area (Å²) in [5, 5.41) is 11.9. The Hall–Kier alpha value is -3.22. The number of phenols is 1. The van der Waals surface area contributed by atoms with Gasteiger partial charge in [0.1, 0.15) is 5.75 Å². The first-order valence-corrected chi connectivity index (χ1v) is 9.66. The van der Waals surface area contributed by atoms with Crippen molar-refractivity contribution >= 4 is 28.3 Å². The molecular formula is C23H20N2O4. The highest BCUT2D eigenvalue weighted by Gasteiger charge is 2.34. The molecule has 1 N–H and O–H groups in total. The molecule has 5 rings (SSSR count). The molecule has 0 unspecified atom stereocenters. The highest BCUT2D eigenvalue weighted by Crippen LogP contribution is 2.34. The van der Waals surface area contributed by atoms with E-state index in [-0.39, 0.29) is 17.6 Å². The molecule has 2 heterocycles. The van der Waals surface area contributed by atoms with Crippen LogP contribution in [0.4, 0.5) is 5.69 Å². The van der Waals surface area contributed by atoms with Crippen molar-refractivity contribution in [2.75, 3.05) is 31.2 Å². The lowest BCUT2D eigenvalue weighted by Gasteiger charge is -2.29.